The maximum Gasteiger partial charge on any atom is 0.318 e. The third-order valence-corrected chi connectivity index (χ3v) is 5.10. The Hall–Kier alpha value is -1.44. The summed E-state index contributed by atoms with van der Waals surface area (Å²) in [7, 11) is -2.22. The molecule has 0 amide bonds. The number of hydrogen-bond acceptors (Lipinski definition) is 4. The van der Waals surface area contributed by atoms with E-state index < -0.39 is 22.5 Å². The van der Waals surface area contributed by atoms with Gasteiger partial charge < -0.3 is 9.84 Å². The van der Waals surface area contributed by atoms with Gasteiger partial charge in [0.05, 0.1) is 12.4 Å². The Bertz CT molecular complexity index is 544. The number of carboxylic acid groups (broad SMARTS) is 1. The average molecular weight is 315 g/mol. The van der Waals surface area contributed by atoms with E-state index in [0.717, 1.165) is 9.87 Å². The number of rotatable bonds is 9. The first-order valence-corrected chi connectivity index (χ1v) is 8.21. The molecule has 1 N–H and O–H groups in total. The fraction of sp³-hybridized carbons (Fsp3) is 0.500. The molecule has 0 bridgehead atoms. The maximum atomic E-state index is 12.4. The first kappa shape index (κ1) is 17.6. The highest BCUT2D eigenvalue weighted by atomic mass is 32.2. The third-order valence-electron chi connectivity index (χ3n) is 3.08. The fourth-order valence-electron chi connectivity index (χ4n) is 1.96. The number of nitrogens with zero attached hydrogens (tertiary/aromatic N) is 1. The summed E-state index contributed by atoms with van der Waals surface area (Å²) in [6.07, 6.45) is 0. The average Bonchev–Trinajstić information content (AvgIpc) is 2.43. The summed E-state index contributed by atoms with van der Waals surface area (Å²) in [5.74, 6) is -1.52. The Kier molecular flexibility index (Phi) is 6.80. The Labute approximate surface area is 125 Å². The van der Waals surface area contributed by atoms with E-state index in [-0.39, 0.29) is 24.8 Å². The Morgan fingerprint density at radius 2 is 1.95 bits per heavy atom. The topological polar surface area (TPSA) is 83.9 Å². The highest BCUT2D eigenvalue weighted by molar-refractivity contribution is 7.89. The Balaban J connectivity index is 2.82. The molecule has 0 aliphatic heterocycles. The second kappa shape index (κ2) is 8.11. The zero-order valence-corrected chi connectivity index (χ0v) is 13.0. The minimum atomic E-state index is -3.66. The lowest BCUT2D eigenvalue weighted by Gasteiger charge is -2.22. The van der Waals surface area contributed by atoms with E-state index in [4.69, 9.17) is 9.84 Å². The normalized spacial score (nSPS) is 13.3. The Morgan fingerprint density at radius 1 is 1.33 bits per heavy atom. The molecule has 0 spiro atoms. The summed E-state index contributed by atoms with van der Waals surface area (Å²) in [6.45, 7) is 1.45. The molecule has 0 saturated carbocycles. The number of methoxy groups -OCH3 is 1. The molecule has 0 saturated heterocycles. The van der Waals surface area contributed by atoms with E-state index in [9.17, 15) is 13.2 Å². The molecule has 1 atom stereocenters. The molecule has 1 aromatic carbocycles. The van der Waals surface area contributed by atoms with Crippen molar-refractivity contribution in [2.45, 2.75) is 12.8 Å². The quantitative estimate of drug-likeness (QED) is 0.739. The SMILES string of the molecule is COCCN(CC(=O)O)S(=O)(=O)CC(C)c1ccccc1. The lowest BCUT2D eigenvalue weighted by molar-refractivity contribution is -0.137. The summed E-state index contributed by atoms with van der Waals surface area (Å²) >= 11 is 0. The van der Waals surface area contributed by atoms with Crippen LogP contribution in [-0.4, -0.2) is 56.4 Å². The van der Waals surface area contributed by atoms with Crippen LogP contribution in [0.1, 0.15) is 18.4 Å². The molecule has 0 aliphatic carbocycles. The van der Waals surface area contributed by atoms with Crippen LogP contribution in [0.4, 0.5) is 0 Å². The van der Waals surface area contributed by atoms with Crippen LogP contribution in [0, 0.1) is 0 Å². The maximum absolute atomic E-state index is 12.4. The lowest BCUT2D eigenvalue weighted by Crippen LogP contribution is -2.40. The third kappa shape index (κ3) is 5.82. The van der Waals surface area contributed by atoms with E-state index in [1.165, 1.54) is 7.11 Å². The van der Waals surface area contributed by atoms with Gasteiger partial charge in [-0.3, -0.25) is 4.79 Å². The van der Waals surface area contributed by atoms with Crippen LogP contribution in [0.2, 0.25) is 0 Å². The van der Waals surface area contributed by atoms with Crippen molar-refractivity contribution in [1.29, 1.82) is 0 Å². The van der Waals surface area contributed by atoms with Gasteiger partial charge in [-0.15, -0.1) is 0 Å². The first-order valence-electron chi connectivity index (χ1n) is 6.60. The van der Waals surface area contributed by atoms with Crippen molar-refractivity contribution in [3.05, 3.63) is 35.9 Å². The van der Waals surface area contributed by atoms with E-state index in [1.807, 2.05) is 37.3 Å². The summed E-state index contributed by atoms with van der Waals surface area (Å²) in [5.41, 5.74) is 0.906. The molecular formula is C14H21NO5S. The number of carboxylic acids is 1. The molecule has 118 valence electrons. The smallest absolute Gasteiger partial charge is 0.318 e. The molecular weight excluding hydrogens is 294 g/mol. The van der Waals surface area contributed by atoms with Crippen LogP contribution in [-0.2, 0) is 19.6 Å². The van der Waals surface area contributed by atoms with Crippen LogP contribution < -0.4 is 0 Å². The summed E-state index contributed by atoms with van der Waals surface area (Å²) in [6, 6.07) is 9.27. The van der Waals surface area contributed by atoms with Gasteiger partial charge in [0, 0.05) is 13.7 Å². The van der Waals surface area contributed by atoms with Crippen molar-refractivity contribution < 1.29 is 23.1 Å². The second-order valence-corrected chi connectivity index (χ2v) is 6.82. The highest BCUT2D eigenvalue weighted by Crippen LogP contribution is 2.18. The number of carbonyl (C=O) groups is 1. The summed E-state index contributed by atoms with van der Waals surface area (Å²) < 4.78 is 30.5. The van der Waals surface area contributed by atoms with Gasteiger partial charge >= 0.3 is 5.97 Å². The van der Waals surface area contributed by atoms with Gasteiger partial charge in [-0.2, -0.15) is 4.31 Å². The monoisotopic (exact) mass is 315 g/mol. The zero-order chi connectivity index (χ0) is 15.9. The number of sulfonamides is 1. The number of aliphatic carboxylic acids is 1. The molecule has 21 heavy (non-hydrogen) atoms. The van der Waals surface area contributed by atoms with Crippen molar-refractivity contribution in [3.8, 4) is 0 Å². The molecule has 0 radical (unpaired) electrons. The summed E-state index contributed by atoms with van der Waals surface area (Å²) in [4.78, 5) is 10.8. The fourth-order valence-corrected chi connectivity index (χ4v) is 3.65. The summed E-state index contributed by atoms with van der Waals surface area (Å²) in [5, 5.41) is 8.85. The van der Waals surface area contributed by atoms with Crippen molar-refractivity contribution in [2.75, 3.05) is 32.6 Å². The molecule has 1 unspecified atom stereocenters. The van der Waals surface area contributed by atoms with Crippen LogP contribution in [0.5, 0.6) is 0 Å². The predicted molar refractivity (Wildman–Crippen MR) is 79.7 cm³/mol. The van der Waals surface area contributed by atoms with E-state index >= 15 is 0 Å². The van der Waals surface area contributed by atoms with Crippen molar-refractivity contribution >= 4 is 16.0 Å². The van der Waals surface area contributed by atoms with E-state index in [1.54, 1.807) is 0 Å². The molecule has 0 heterocycles. The second-order valence-electron chi connectivity index (χ2n) is 4.81. The Morgan fingerprint density at radius 3 is 2.48 bits per heavy atom. The van der Waals surface area contributed by atoms with E-state index in [2.05, 4.69) is 0 Å². The first-order chi connectivity index (χ1) is 9.86. The van der Waals surface area contributed by atoms with Crippen LogP contribution in [0.15, 0.2) is 30.3 Å². The largest absolute Gasteiger partial charge is 0.480 e. The van der Waals surface area contributed by atoms with Gasteiger partial charge in [0.2, 0.25) is 10.0 Å². The van der Waals surface area contributed by atoms with Crippen LogP contribution in [0.25, 0.3) is 0 Å². The van der Waals surface area contributed by atoms with Crippen LogP contribution >= 0.6 is 0 Å². The van der Waals surface area contributed by atoms with Gasteiger partial charge in [-0.1, -0.05) is 37.3 Å². The molecule has 0 aliphatic rings. The standard InChI is InChI=1S/C14H21NO5S/c1-12(13-6-4-3-5-7-13)11-21(18,19)15(8-9-20-2)10-14(16)17/h3-7,12H,8-11H2,1-2H3,(H,16,17). The molecule has 1 rings (SSSR count). The van der Waals surface area contributed by atoms with Gasteiger partial charge in [0.1, 0.15) is 6.54 Å². The highest BCUT2D eigenvalue weighted by Gasteiger charge is 2.26. The minimum absolute atomic E-state index is 0.0344. The zero-order valence-electron chi connectivity index (χ0n) is 12.2. The van der Waals surface area contributed by atoms with Crippen molar-refractivity contribution in [2.24, 2.45) is 0 Å². The van der Waals surface area contributed by atoms with Gasteiger partial charge in [0.15, 0.2) is 0 Å². The van der Waals surface area contributed by atoms with Gasteiger partial charge in [-0.05, 0) is 11.5 Å². The van der Waals surface area contributed by atoms with Crippen LogP contribution in [0.3, 0.4) is 0 Å². The molecule has 0 aromatic heterocycles. The number of benzene rings is 1. The predicted octanol–water partition coefficient (Wildman–Crippen LogP) is 1.15. The minimum Gasteiger partial charge on any atom is -0.480 e. The van der Waals surface area contributed by atoms with Crippen molar-refractivity contribution in [3.63, 3.8) is 0 Å². The molecule has 1 aromatic rings. The number of hydrogen-bond donors (Lipinski definition) is 1. The van der Waals surface area contributed by atoms with Gasteiger partial charge in [-0.25, -0.2) is 8.42 Å². The number of ether oxygens (including phenoxy) is 1. The molecule has 6 nitrogen and oxygen atoms in total. The van der Waals surface area contributed by atoms with E-state index in [0.29, 0.717) is 0 Å². The van der Waals surface area contributed by atoms with Gasteiger partial charge in [0.25, 0.3) is 0 Å². The molecule has 7 heteroatoms. The lowest BCUT2D eigenvalue weighted by atomic mass is 10.0. The molecule has 0 fully saturated rings. The van der Waals surface area contributed by atoms with Crippen molar-refractivity contribution in [1.82, 2.24) is 4.31 Å².